The van der Waals surface area contributed by atoms with E-state index in [4.69, 9.17) is 10.00 Å². The van der Waals surface area contributed by atoms with E-state index in [1.807, 2.05) is 37.3 Å². The van der Waals surface area contributed by atoms with Crippen molar-refractivity contribution in [3.63, 3.8) is 0 Å². The van der Waals surface area contributed by atoms with Gasteiger partial charge in [0, 0.05) is 6.54 Å². The molecule has 6 nitrogen and oxygen atoms in total. The molecule has 1 unspecified atom stereocenters. The summed E-state index contributed by atoms with van der Waals surface area (Å²) in [6, 6.07) is 16.0. The van der Waals surface area contributed by atoms with E-state index < -0.39 is 11.6 Å². The summed E-state index contributed by atoms with van der Waals surface area (Å²) in [4.78, 5) is 26.4. The highest BCUT2D eigenvalue weighted by molar-refractivity contribution is 6.07. The molecule has 0 spiro atoms. The molecule has 1 N–H and O–H groups in total. The number of hydrogen-bond acceptors (Lipinski definition) is 4. The molecule has 2 aromatic carbocycles. The van der Waals surface area contributed by atoms with E-state index in [0.717, 1.165) is 11.3 Å². The lowest BCUT2D eigenvalue weighted by Gasteiger charge is -2.22. The molecule has 0 radical (unpaired) electrons. The molecule has 3 rings (SSSR count). The molecule has 138 valence electrons. The number of ether oxygens (including phenoxy) is 1. The summed E-state index contributed by atoms with van der Waals surface area (Å²) in [5, 5.41) is 11.7. The van der Waals surface area contributed by atoms with E-state index in [-0.39, 0.29) is 12.5 Å². The van der Waals surface area contributed by atoms with Gasteiger partial charge in [-0.2, -0.15) is 5.26 Å². The minimum Gasteiger partial charge on any atom is -0.493 e. The maximum Gasteiger partial charge on any atom is 0.325 e. The fourth-order valence-corrected chi connectivity index (χ4v) is 3.10. The predicted octanol–water partition coefficient (Wildman–Crippen LogP) is 3.10. The Morgan fingerprint density at radius 2 is 1.85 bits per heavy atom. The number of imide groups is 1. The molecule has 0 aromatic heterocycles. The first-order chi connectivity index (χ1) is 13.0. The summed E-state index contributed by atoms with van der Waals surface area (Å²) in [6.07, 6.45) is 0.539. The van der Waals surface area contributed by atoms with Crippen LogP contribution in [0.15, 0.2) is 48.5 Å². The SMILES string of the molecule is Cc1ccccc1OCCCN1C(=O)NC(C)(c2ccc(C#N)cc2)C1=O. The van der Waals surface area contributed by atoms with Crippen LogP contribution in [0.2, 0.25) is 0 Å². The van der Waals surface area contributed by atoms with Gasteiger partial charge in [0.05, 0.1) is 18.2 Å². The van der Waals surface area contributed by atoms with Gasteiger partial charge in [0.25, 0.3) is 5.91 Å². The Balaban J connectivity index is 1.62. The molecule has 1 aliphatic heterocycles. The summed E-state index contributed by atoms with van der Waals surface area (Å²) in [7, 11) is 0. The fraction of sp³-hybridized carbons (Fsp3) is 0.286. The third-order valence-electron chi connectivity index (χ3n) is 4.74. The second-order valence-electron chi connectivity index (χ2n) is 6.67. The van der Waals surface area contributed by atoms with Crippen molar-refractivity contribution < 1.29 is 14.3 Å². The van der Waals surface area contributed by atoms with Gasteiger partial charge < -0.3 is 10.1 Å². The average molecular weight is 363 g/mol. The zero-order valence-corrected chi connectivity index (χ0v) is 15.4. The van der Waals surface area contributed by atoms with Crippen LogP contribution in [0.3, 0.4) is 0 Å². The topological polar surface area (TPSA) is 82.4 Å². The molecule has 2 aromatic rings. The Morgan fingerprint density at radius 3 is 2.52 bits per heavy atom. The van der Waals surface area contributed by atoms with Crippen molar-refractivity contribution in [1.82, 2.24) is 10.2 Å². The maximum atomic E-state index is 12.8. The first-order valence-corrected chi connectivity index (χ1v) is 8.79. The van der Waals surface area contributed by atoms with Gasteiger partial charge in [-0.3, -0.25) is 9.69 Å². The number of rotatable bonds is 6. The summed E-state index contributed by atoms with van der Waals surface area (Å²) < 4.78 is 5.73. The number of carbonyl (C=O) groups excluding carboxylic acids is 2. The van der Waals surface area contributed by atoms with E-state index in [2.05, 4.69) is 5.32 Å². The van der Waals surface area contributed by atoms with E-state index in [9.17, 15) is 9.59 Å². The van der Waals surface area contributed by atoms with Crippen LogP contribution in [-0.4, -0.2) is 30.0 Å². The monoisotopic (exact) mass is 363 g/mol. The van der Waals surface area contributed by atoms with Gasteiger partial charge in [-0.25, -0.2) is 4.79 Å². The molecule has 1 atom stereocenters. The zero-order chi connectivity index (χ0) is 19.4. The standard InChI is InChI=1S/C21H21N3O3/c1-15-6-3-4-7-18(15)27-13-5-12-24-19(25)21(2,23-20(24)26)17-10-8-16(14-22)9-11-17/h3-4,6-11H,5,12-13H2,1-2H3,(H,23,26). The van der Waals surface area contributed by atoms with Crippen LogP contribution in [0.25, 0.3) is 0 Å². The first-order valence-electron chi connectivity index (χ1n) is 8.79. The highest BCUT2D eigenvalue weighted by Crippen LogP contribution is 2.29. The van der Waals surface area contributed by atoms with Crippen molar-refractivity contribution in [1.29, 1.82) is 5.26 Å². The third kappa shape index (κ3) is 3.63. The van der Waals surface area contributed by atoms with Crippen molar-refractivity contribution in [2.24, 2.45) is 0 Å². The number of aryl methyl sites for hydroxylation is 1. The highest BCUT2D eigenvalue weighted by Gasteiger charge is 2.48. The van der Waals surface area contributed by atoms with Crippen molar-refractivity contribution in [3.8, 4) is 11.8 Å². The molecule has 1 saturated heterocycles. The summed E-state index contributed by atoms with van der Waals surface area (Å²) in [5.74, 6) is 0.505. The lowest BCUT2D eigenvalue weighted by Crippen LogP contribution is -2.41. The van der Waals surface area contributed by atoms with Gasteiger partial charge >= 0.3 is 6.03 Å². The molecule has 1 heterocycles. The molecule has 3 amide bonds. The van der Waals surface area contributed by atoms with Crippen LogP contribution in [0, 0.1) is 18.3 Å². The molecule has 27 heavy (non-hydrogen) atoms. The van der Waals surface area contributed by atoms with Crippen molar-refractivity contribution in [3.05, 3.63) is 65.2 Å². The van der Waals surface area contributed by atoms with Crippen LogP contribution in [0.1, 0.15) is 30.0 Å². The number of amides is 3. The summed E-state index contributed by atoms with van der Waals surface area (Å²) >= 11 is 0. The van der Waals surface area contributed by atoms with Crippen LogP contribution in [0.5, 0.6) is 5.75 Å². The number of nitrogens with one attached hydrogen (secondary N) is 1. The zero-order valence-electron chi connectivity index (χ0n) is 15.4. The lowest BCUT2D eigenvalue weighted by molar-refractivity contribution is -0.131. The predicted molar refractivity (Wildman–Crippen MR) is 100 cm³/mol. The molecule has 1 aliphatic rings. The van der Waals surface area contributed by atoms with Crippen LogP contribution in [0.4, 0.5) is 4.79 Å². The van der Waals surface area contributed by atoms with E-state index in [1.54, 1.807) is 31.2 Å². The molecular weight excluding hydrogens is 342 g/mol. The minimum atomic E-state index is -1.12. The van der Waals surface area contributed by atoms with Crippen molar-refractivity contribution in [2.45, 2.75) is 25.8 Å². The van der Waals surface area contributed by atoms with Gasteiger partial charge in [0.2, 0.25) is 0 Å². The molecule has 0 aliphatic carbocycles. The normalized spacial score (nSPS) is 18.9. The van der Waals surface area contributed by atoms with Crippen LogP contribution in [-0.2, 0) is 10.3 Å². The van der Waals surface area contributed by atoms with Crippen molar-refractivity contribution in [2.75, 3.05) is 13.2 Å². The van der Waals surface area contributed by atoms with Gasteiger partial charge in [0.1, 0.15) is 11.3 Å². The Bertz CT molecular complexity index is 902. The molecule has 0 saturated carbocycles. The number of hydrogen-bond donors (Lipinski definition) is 1. The second-order valence-corrected chi connectivity index (χ2v) is 6.67. The van der Waals surface area contributed by atoms with Crippen LogP contribution >= 0.6 is 0 Å². The van der Waals surface area contributed by atoms with Gasteiger partial charge in [-0.15, -0.1) is 0 Å². The number of urea groups is 1. The summed E-state index contributed by atoms with van der Waals surface area (Å²) in [5.41, 5.74) is 1.07. The van der Waals surface area contributed by atoms with E-state index >= 15 is 0 Å². The minimum absolute atomic E-state index is 0.280. The Morgan fingerprint density at radius 1 is 1.15 bits per heavy atom. The second kappa shape index (κ2) is 7.50. The number of nitriles is 1. The lowest BCUT2D eigenvalue weighted by atomic mass is 9.91. The number of nitrogens with zero attached hydrogens (tertiary/aromatic N) is 2. The Kier molecular flexibility index (Phi) is 5.13. The van der Waals surface area contributed by atoms with Crippen LogP contribution < -0.4 is 10.1 Å². The van der Waals surface area contributed by atoms with E-state index in [1.165, 1.54) is 4.90 Å². The fourth-order valence-electron chi connectivity index (χ4n) is 3.10. The number of para-hydroxylation sites is 1. The summed E-state index contributed by atoms with van der Waals surface area (Å²) in [6.45, 7) is 4.34. The smallest absolute Gasteiger partial charge is 0.325 e. The van der Waals surface area contributed by atoms with Gasteiger partial charge in [-0.05, 0) is 49.6 Å². The quantitative estimate of drug-likeness (QED) is 0.631. The average Bonchev–Trinajstić information content (AvgIpc) is 2.90. The maximum absolute atomic E-state index is 12.8. The number of benzene rings is 2. The molecule has 6 heteroatoms. The first kappa shape index (κ1) is 18.5. The van der Waals surface area contributed by atoms with Gasteiger partial charge in [0.15, 0.2) is 0 Å². The largest absolute Gasteiger partial charge is 0.493 e. The third-order valence-corrected chi connectivity index (χ3v) is 4.74. The number of carbonyl (C=O) groups is 2. The Labute approximate surface area is 158 Å². The molecule has 1 fully saturated rings. The molecule has 0 bridgehead atoms. The highest BCUT2D eigenvalue weighted by atomic mass is 16.5. The van der Waals surface area contributed by atoms with Gasteiger partial charge in [-0.1, -0.05) is 30.3 Å². The Hall–Kier alpha value is -3.33. The van der Waals surface area contributed by atoms with Crippen molar-refractivity contribution >= 4 is 11.9 Å². The molecular formula is C21H21N3O3. The van der Waals surface area contributed by atoms with E-state index in [0.29, 0.717) is 24.2 Å².